The molecule has 0 radical (unpaired) electrons. The molecule has 1 unspecified atom stereocenters. The second-order valence-corrected chi connectivity index (χ2v) is 6.01. The highest BCUT2D eigenvalue weighted by molar-refractivity contribution is 7.10. The van der Waals surface area contributed by atoms with Gasteiger partial charge in [0.25, 0.3) is 0 Å². The molecule has 128 valence electrons. The molecule has 0 aliphatic rings. The summed E-state index contributed by atoms with van der Waals surface area (Å²) < 4.78 is 38.8. The number of rotatable bonds is 5. The third-order valence-electron chi connectivity index (χ3n) is 3.18. The molecule has 1 aromatic heterocycles. The number of halogens is 4. The van der Waals surface area contributed by atoms with Gasteiger partial charge in [-0.3, -0.25) is 14.5 Å². The molecule has 2 aromatic rings. The Morgan fingerprint density at radius 2 is 1.96 bits per heavy atom. The van der Waals surface area contributed by atoms with Crippen molar-refractivity contribution in [3.05, 3.63) is 52.2 Å². The minimum atomic E-state index is -4.59. The van der Waals surface area contributed by atoms with E-state index in [1.807, 2.05) is 0 Å². The number of carbonyl (C=O) groups excluding carboxylic acids is 2. The van der Waals surface area contributed by atoms with Crippen molar-refractivity contribution in [1.82, 2.24) is 0 Å². The Bertz CT molecular complexity index is 735. The molecule has 4 nitrogen and oxygen atoms in total. The smallest absolute Gasteiger partial charge is 0.368 e. The maximum absolute atomic E-state index is 12.9. The molecule has 1 heterocycles. The standard InChI is InChI=1S/C15H12ClF3N2O2S/c16-8-12(22)21(13(14(20)23)11-5-2-6-24-11)10-4-1-3-9(7-10)15(17,18)19/h1-7,13H,8H2,(H2,20,23). The topological polar surface area (TPSA) is 63.4 Å². The van der Waals surface area contributed by atoms with E-state index in [1.165, 1.54) is 6.07 Å². The van der Waals surface area contributed by atoms with Crippen molar-refractivity contribution >= 4 is 40.4 Å². The van der Waals surface area contributed by atoms with Gasteiger partial charge in [-0.1, -0.05) is 12.1 Å². The summed E-state index contributed by atoms with van der Waals surface area (Å²) in [5.74, 6) is -2.10. The first-order valence-electron chi connectivity index (χ1n) is 6.63. The Labute approximate surface area is 144 Å². The summed E-state index contributed by atoms with van der Waals surface area (Å²) in [7, 11) is 0. The summed E-state index contributed by atoms with van der Waals surface area (Å²) in [6.07, 6.45) is -4.59. The van der Waals surface area contributed by atoms with Gasteiger partial charge in [0.15, 0.2) is 0 Å². The van der Waals surface area contributed by atoms with Crippen LogP contribution >= 0.6 is 22.9 Å². The molecular weight excluding hydrogens is 365 g/mol. The molecule has 24 heavy (non-hydrogen) atoms. The van der Waals surface area contributed by atoms with Crippen molar-refractivity contribution in [2.45, 2.75) is 12.2 Å². The Morgan fingerprint density at radius 3 is 2.46 bits per heavy atom. The van der Waals surface area contributed by atoms with Gasteiger partial charge in [0.05, 0.1) is 5.56 Å². The molecule has 1 atom stereocenters. The van der Waals surface area contributed by atoms with Gasteiger partial charge in [-0.25, -0.2) is 0 Å². The summed E-state index contributed by atoms with van der Waals surface area (Å²) >= 11 is 6.73. The second kappa shape index (κ2) is 7.23. The fourth-order valence-electron chi connectivity index (χ4n) is 2.18. The van der Waals surface area contributed by atoms with Crippen LogP contribution in [0, 0.1) is 0 Å². The molecule has 0 saturated heterocycles. The molecule has 2 amide bonds. The number of hydrogen-bond acceptors (Lipinski definition) is 3. The average Bonchev–Trinajstić information content (AvgIpc) is 3.04. The van der Waals surface area contributed by atoms with Gasteiger partial charge in [-0.05, 0) is 29.6 Å². The molecule has 2 N–H and O–H groups in total. The van der Waals surface area contributed by atoms with Gasteiger partial charge in [0.2, 0.25) is 11.8 Å². The van der Waals surface area contributed by atoms with Crippen LogP contribution in [0.25, 0.3) is 0 Å². The zero-order chi connectivity index (χ0) is 17.9. The summed E-state index contributed by atoms with van der Waals surface area (Å²) in [4.78, 5) is 25.4. The van der Waals surface area contributed by atoms with Crippen molar-refractivity contribution < 1.29 is 22.8 Å². The summed E-state index contributed by atoms with van der Waals surface area (Å²) in [5, 5.41) is 1.67. The van der Waals surface area contributed by atoms with E-state index in [4.69, 9.17) is 17.3 Å². The number of anilines is 1. The number of nitrogens with zero attached hydrogens (tertiary/aromatic N) is 1. The number of thiophene rings is 1. The van der Waals surface area contributed by atoms with Crippen molar-refractivity contribution in [3.8, 4) is 0 Å². The van der Waals surface area contributed by atoms with Crippen molar-refractivity contribution in [2.75, 3.05) is 10.8 Å². The van der Waals surface area contributed by atoms with E-state index in [-0.39, 0.29) is 5.69 Å². The fourth-order valence-corrected chi connectivity index (χ4v) is 3.13. The maximum atomic E-state index is 12.9. The van der Waals surface area contributed by atoms with Gasteiger partial charge in [-0.15, -0.1) is 22.9 Å². The molecule has 0 saturated carbocycles. The van der Waals surface area contributed by atoms with Gasteiger partial charge in [-0.2, -0.15) is 13.2 Å². The molecular formula is C15H12ClF3N2O2S. The van der Waals surface area contributed by atoms with Crippen LogP contribution in [-0.4, -0.2) is 17.7 Å². The number of benzene rings is 1. The predicted molar refractivity (Wildman–Crippen MR) is 85.9 cm³/mol. The zero-order valence-corrected chi connectivity index (χ0v) is 13.7. The molecule has 2 rings (SSSR count). The lowest BCUT2D eigenvalue weighted by atomic mass is 10.1. The van der Waals surface area contributed by atoms with Crippen LogP contribution in [0.15, 0.2) is 41.8 Å². The number of nitrogens with two attached hydrogens (primary N) is 1. The molecule has 0 spiro atoms. The van der Waals surface area contributed by atoms with Crippen LogP contribution in [0.2, 0.25) is 0 Å². The van der Waals surface area contributed by atoms with E-state index in [2.05, 4.69) is 0 Å². The Hall–Kier alpha value is -2.06. The van der Waals surface area contributed by atoms with Crippen LogP contribution in [0.4, 0.5) is 18.9 Å². The van der Waals surface area contributed by atoms with Gasteiger partial charge < -0.3 is 5.73 Å². The van der Waals surface area contributed by atoms with Crippen molar-refractivity contribution in [3.63, 3.8) is 0 Å². The van der Waals surface area contributed by atoms with Crippen LogP contribution in [0.1, 0.15) is 16.5 Å². The Balaban J connectivity index is 2.57. The minimum absolute atomic E-state index is 0.104. The molecule has 0 aliphatic carbocycles. The SMILES string of the molecule is NC(=O)C(c1cccs1)N(C(=O)CCl)c1cccc(C(F)(F)F)c1. The van der Waals surface area contributed by atoms with Crippen molar-refractivity contribution in [2.24, 2.45) is 5.73 Å². The van der Waals surface area contributed by atoms with Gasteiger partial charge >= 0.3 is 6.18 Å². The first kappa shape index (κ1) is 18.3. The molecule has 0 fully saturated rings. The number of carbonyl (C=O) groups is 2. The van der Waals surface area contributed by atoms with E-state index in [0.29, 0.717) is 4.88 Å². The quantitative estimate of drug-likeness (QED) is 0.811. The van der Waals surface area contributed by atoms with E-state index in [9.17, 15) is 22.8 Å². The number of amides is 2. The first-order valence-corrected chi connectivity index (χ1v) is 8.05. The van der Waals surface area contributed by atoms with E-state index >= 15 is 0 Å². The van der Waals surface area contributed by atoms with Crippen LogP contribution < -0.4 is 10.6 Å². The molecule has 1 aromatic carbocycles. The maximum Gasteiger partial charge on any atom is 0.416 e. The molecule has 9 heteroatoms. The predicted octanol–water partition coefficient (Wildman–Crippen LogP) is 3.57. The fraction of sp³-hybridized carbons (Fsp3) is 0.200. The third-order valence-corrected chi connectivity index (χ3v) is 4.33. The van der Waals surface area contributed by atoms with E-state index < -0.39 is 35.5 Å². The normalized spacial score (nSPS) is 12.7. The minimum Gasteiger partial charge on any atom is -0.368 e. The molecule has 0 bridgehead atoms. The lowest BCUT2D eigenvalue weighted by Gasteiger charge is -2.29. The summed E-state index contributed by atoms with van der Waals surface area (Å²) in [6.45, 7) is 0. The van der Waals surface area contributed by atoms with Gasteiger partial charge in [0, 0.05) is 10.6 Å². The average molecular weight is 377 g/mol. The zero-order valence-electron chi connectivity index (χ0n) is 12.1. The lowest BCUT2D eigenvalue weighted by Crippen LogP contribution is -2.42. The second-order valence-electron chi connectivity index (χ2n) is 4.77. The Kier molecular flexibility index (Phi) is 5.51. The summed E-state index contributed by atoms with van der Waals surface area (Å²) in [5.41, 5.74) is 4.34. The highest BCUT2D eigenvalue weighted by Gasteiger charge is 2.35. The van der Waals surface area contributed by atoms with Crippen molar-refractivity contribution in [1.29, 1.82) is 0 Å². The Morgan fingerprint density at radius 1 is 1.25 bits per heavy atom. The van der Waals surface area contributed by atoms with Crippen LogP contribution in [0.5, 0.6) is 0 Å². The van der Waals surface area contributed by atoms with Crippen LogP contribution in [-0.2, 0) is 15.8 Å². The van der Waals surface area contributed by atoms with Crippen LogP contribution in [0.3, 0.4) is 0 Å². The summed E-state index contributed by atoms with van der Waals surface area (Å²) in [6, 6.07) is 6.08. The largest absolute Gasteiger partial charge is 0.416 e. The third kappa shape index (κ3) is 3.88. The number of primary amides is 1. The highest BCUT2D eigenvalue weighted by Crippen LogP contribution is 2.35. The highest BCUT2D eigenvalue weighted by atomic mass is 35.5. The van der Waals surface area contributed by atoms with E-state index in [0.717, 1.165) is 34.4 Å². The van der Waals surface area contributed by atoms with Gasteiger partial charge in [0.1, 0.15) is 11.9 Å². The molecule has 0 aliphatic heterocycles. The van der Waals surface area contributed by atoms with E-state index in [1.54, 1.807) is 17.5 Å². The number of hydrogen-bond donors (Lipinski definition) is 1. The number of alkyl halides is 4. The first-order chi connectivity index (χ1) is 11.3. The monoisotopic (exact) mass is 376 g/mol. The lowest BCUT2D eigenvalue weighted by molar-refractivity contribution is -0.137.